The molecular weight excluding hydrogens is 174 g/mol. The van der Waals surface area contributed by atoms with Gasteiger partial charge < -0.3 is 5.11 Å². The van der Waals surface area contributed by atoms with Gasteiger partial charge in [-0.25, -0.2) is 5.06 Å². The lowest BCUT2D eigenvalue weighted by Gasteiger charge is -2.15. The molecule has 0 aliphatic carbocycles. The molecule has 0 saturated heterocycles. The van der Waals surface area contributed by atoms with Gasteiger partial charge in [-0.2, -0.15) is 0 Å². The van der Waals surface area contributed by atoms with Gasteiger partial charge in [-0.3, -0.25) is 14.4 Å². The third kappa shape index (κ3) is 5.19. The van der Waals surface area contributed by atoms with Crippen LogP contribution in [0.15, 0.2) is 0 Å². The SMILES string of the molecule is CON(C)C(=O)CC(C)CC(=O)O. The first kappa shape index (κ1) is 11.9. The molecule has 0 spiro atoms. The van der Waals surface area contributed by atoms with Crippen LogP contribution in [0.2, 0.25) is 0 Å². The molecule has 0 fully saturated rings. The summed E-state index contributed by atoms with van der Waals surface area (Å²) < 4.78 is 0. The van der Waals surface area contributed by atoms with Gasteiger partial charge in [0.15, 0.2) is 0 Å². The van der Waals surface area contributed by atoms with Gasteiger partial charge >= 0.3 is 5.97 Å². The molecule has 1 N–H and O–H groups in total. The number of amides is 1. The molecule has 76 valence electrons. The van der Waals surface area contributed by atoms with Crippen LogP contribution in [0.5, 0.6) is 0 Å². The molecule has 0 aromatic heterocycles. The molecule has 0 saturated carbocycles. The zero-order valence-corrected chi connectivity index (χ0v) is 8.11. The fourth-order valence-electron chi connectivity index (χ4n) is 0.899. The van der Waals surface area contributed by atoms with Gasteiger partial charge in [0.2, 0.25) is 5.91 Å². The molecule has 1 unspecified atom stereocenters. The van der Waals surface area contributed by atoms with Crippen molar-refractivity contribution in [2.75, 3.05) is 14.2 Å². The summed E-state index contributed by atoms with van der Waals surface area (Å²) in [6, 6.07) is 0. The quantitative estimate of drug-likeness (QED) is 0.640. The Bertz CT molecular complexity index is 193. The summed E-state index contributed by atoms with van der Waals surface area (Å²) in [6.07, 6.45) is 0.194. The molecule has 1 atom stereocenters. The topological polar surface area (TPSA) is 66.8 Å². The largest absolute Gasteiger partial charge is 0.481 e. The Labute approximate surface area is 77.2 Å². The van der Waals surface area contributed by atoms with Crippen molar-refractivity contribution in [3.05, 3.63) is 0 Å². The van der Waals surface area contributed by atoms with E-state index in [1.165, 1.54) is 14.2 Å². The Hall–Kier alpha value is -1.10. The van der Waals surface area contributed by atoms with Gasteiger partial charge in [-0.15, -0.1) is 0 Å². The number of carboxylic acid groups (broad SMARTS) is 1. The van der Waals surface area contributed by atoms with Crippen LogP contribution in [-0.2, 0) is 14.4 Å². The molecular formula is C8H15NO4. The van der Waals surface area contributed by atoms with Crippen LogP contribution in [0, 0.1) is 5.92 Å². The summed E-state index contributed by atoms with van der Waals surface area (Å²) in [5, 5.41) is 9.53. The lowest BCUT2D eigenvalue weighted by atomic mass is 10.0. The van der Waals surface area contributed by atoms with Gasteiger partial charge in [-0.05, 0) is 5.92 Å². The van der Waals surface area contributed by atoms with Gasteiger partial charge in [0.1, 0.15) is 0 Å². The van der Waals surface area contributed by atoms with Crippen LogP contribution in [0.3, 0.4) is 0 Å². The number of nitrogens with zero attached hydrogens (tertiary/aromatic N) is 1. The Morgan fingerprint density at radius 2 is 2.00 bits per heavy atom. The maximum atomic E-state index is 11.2. The van der Waals surface area contributed by atoms with Gasteiger partial charge in [-0.1, -0.05) is 6.92 Å². The Morgan fingerprint density at radius 3 is 2.38 bits per heavy atom. The van der Waals surface area contributed by atoms with Crippen molar-refractivity contribution in [3.8, 4) is 0 Å². The second kappa shape index (κ2) is 5.53. The number of carboxylic acids is 1. The fraction of sp³-hybridized carbons (Fsp3) is 0.750. The molecule has 0 aromatic rings. The molecule has 0 bridgehead atoms. The van der Waals surface area contributed by atoms with Crippen LogP contribution < -0.4 is 0 Å². The zero-order valence-electron chi connectivity index (χ0n) is 8.11. The summed E-state index contributed by atoms with van der Waals surface area (Å²) in [5.74, 6) is -1.26. The highest BCUT2D eigenvalue weighted by molar-refractivity contribution is 5.76. The highest BCUT2D eigenvalue weighted by Gasteiger charge is 2.15. The van der Waals surface area contributed by atoms with Crippen molar-refractivity contribution in [1.82, 2.24) is 5.06 Å². The maximum Gasteiger partial charge on any atom is 0.303 e. The Kier molecular flexibility index (Phi) is 5.06. The van der Waals surface area contributed by atoms with E-state index in [0.717, 1.165) is 5.06 Å². The van der Waals surface area contributed by atoms with E-state index in [0.29, 0.717) is 0 Å². The first-order valence-corrected chi connectivity index (χ1v) is 3.99. The lowest BCUT2D eigenvalue weighted by molar-refractivity contribution is -0.169. The van der Waals surface area contributed by atoms with Gasteiger partial charge in [0.25, 0.3) is 0 Å². The summed E-state index contributed by atoms with van der Waals surface area (Å²) in [5.41, 5.74) is 0. The van der Waals surface area contributed by atoms with E-state index in [9.17, 15) is 9.59 Å². The predicted molar refractivity (Wildman–Crippen MR) is 45.8 cm³/mol. The minimum Gasteiger partial charge on any atom is -0.481 e. The van der Waals surface area contributed by atoms with Crippen LogP contribution in [-0.4, -0.2) is 36.2 Å². The first-order chi connectivity index (χ1) is 5.97. The predicted octanol–water partition coefficient (Wildman–Crippen LogP) is 0.507. The standard InChI is InChI=1S/C8H15NO4/c1-6(5-8(11)12)4-7(10)9(2)13-3/h6H,4-5H2,1-3H3,(H,11,12). The molecule has 13 heavy (non-hydrogen) atoms. The zero-order chi connectivity index (χ0) is 10.4. The molecule has 0 aromatic carbocycles. The molecule has 0 heterocycles. The molecule has 0 aliphatic rings. The number of rotatable bonds is 5. The van der Waals surface area contributed by atoms with E-state index >= 15 is 0 Å². The van der Waals surface area contributed by atoms with Crippen molar-refractivity contribution in [2.45, 2.75) is 19.8 Å². The van der Waals surface area contributed by atoms with Crippen molar-refractivity contribution in [1.29, 1.82) is 0 Å². The molecule has 5 nitrogen and oxygen atoms in total. The van der Waals surface area contributed by atoms with Crippen LogP contribution in [0.25, 0.3) is 0 Å². The van der Waals surface area contributed by atoms with Crippen molar-refractivity contribution < 1.29 is 19.5 Å². The average molecular weight is 189 g/mol. The Morgan fingerprint density at radius 1 is 1.46 bits per heavy atom. The fourth-order valence-corrected chi connectivity index (χ4v) is 0.899. The molecule has 0 aliphatic heterocycles. The second-order valence-electron chi connectivity index (χ2n) is 2.98. The maximum absolute atomic E-state index is 11.2. The van der Waals surface area contributed by atoms with E-state index in [1.54, 1.807) is 6.92 Å². The summed E-state index contributed by atoms with van der Waals surface area (Å²) >= 11 is 0. The second-order valence-corrected chi connectivity index (χ2v) is 2.98. The van der Waals surface area contributed by atoms with Gasteiger partial charge in [0, 0.05) is 19.9 Å². The molecule has 0 rings (SSSR count). The number of hydrogen-bond acceptors (Lipinski definition) is 3. The number of aliphatic carboxylic acids is 1. The number of hydroxylamine groups is 2. The van der Waals surface area contributed by atoms with E-state index in [1.807, 2.05) is 0 Å². The Balaban J connectivity index is 3.84. The van der Waals surface area contributed by atoms with Crippen LogP contribution in [0.4, 0.5) is 0 Å². The van der Waals surface area contributed by atoms with Crippen molar-refractivity contribution in [2.24, 2.45) is 5.92 Å². The van der Waals surface area contributed by atoms with Crippen molar-refractivity contribution in [3.63, 3.8) is 0 Å². The number of carbonyl (C=O) groups excluding carboxylic acids is 1. The number of carbonyl (C=O) groups is 2. The lowest BCUT2D eigenvalue weighted by Crippen LogP contribution is -2.27. The minimum atomic E-state index is -0.889. The molecule has 0 radical (unpaired) electrons. The van der Waals surface area contributed by atoms with Crippen LogP contribution in [0.1, 0.15) is 19.8 Å². The van der Waals surface area contributed by atoms with E-state index in [-0.39, 0.29) is 24.7 Å². The van der Waals surface area contributed by atoms with Crippen molar-refractivity contribution >= 4 is 11.9 Å². The average Bonchev–Trinajstić information content (AvgIpc) is 2.01. The normalized spacial score (nSPS) is 12.2. The summed E-state index contributed by atoms with van der Waals surface area (Å²) in [7, 11) is 2.88. The molecule has 1 amide bonds. The summed E-state index contributed by atoms with van der Waals surface area (Å²) in [6.45, 7) is 1.72. The third-order valence-electron chi connectivity index (χ3n) is 1.67. The number of hydrogen-bond donors (Lipinski definition) is 1. The van der Waals surface area contributed by atoms with Gasteiger partial charge in [0.05, 0.1) is 7.11 Å². The summed E-state index contributed by atoms with van der Waals surface area (Å²) in [4.78, 5) is 26.1. The highest BCUT2D eigenvalue weighted by Crippen LogP contribution is 2.08. The minimum absolute atomic E-state index is 0.00327. The smallest absolute Gasteiger partial charge is 0.303 e. The molecule has 5 heteroatoms. The first-order valence-electron chi connectivity index (χ1n) is 3.99. The van der Waals surface area contributed by atoms with Crippen LogP contribution >= 0.6 is 0 Å². The third-order valence-corrected chi connectivity index (χ3v) is 1.67. The van der Waals surface area contributed by atoms with E-state index in [2.05, 4.69) is 4.84 Å². The van der Waals surface area contributed by atoms with E-state index < -0.39 is 5.97 Å². The highest BCUT2D eigenvalue weighted by atomic mass is 16.7. The monoisotopic (exact) mass is 189 g/mol. The van der Waals surface area contributed by atoms with E-state index in [4.69, 9.17) is 5.11 Å².